The number of amides is 1. The minimum atomic E-state index is -0.0650. The number of hydrogen-bond acceptors (Lipinski definition) is 4. The minimum absolute atomic E-state index is 0.0650. The van der Waals surface area contributed by atoms with Gasteiger partial charge < -0.3 is 15.8 Å². The van der Waals surface area contributed by atoms with Gasteiger partial charge >= 0.3 is 0 Å². The molecule has 0 bridgehead atoms. The lowest BCUT2D eigenvalue weighted by Gasteiger charge is -2.15. The Labute approximate surface area is 106 Å². The third-order valence-electron chi connectivity index (χ3n) is 2.56. The molecule has 17 heavy (non-hydrogen) atoms. The van der Waals surface area contributed by atoms with Crippen molar-refractivity contribution in [2.75, 3.05) is 13.7 Å². The highest BCUT2D eigenvalue weighted by atomic mass is 32.1. The predicted molar refractivity (Wildman–Crippen MR) is 70.7 cm³/mol. The van der Waals surface area contributed by atoms with E-state index in [0.717, 1.165) is 25.0 Å². The number of carbonyl (C=O) groups is 1. The van der Waals surface area contributed by atoms with Gasteiger partial charge in [0.1, 0.15) is 5.75 Å². The van der Waals surface area contributed by atoms with E-state index in [1.165, 1.54) is 11.3 Å². The Hall–Kier alpha value is -1.07. The molecule has 1 amide bonds. The summed E-state index contributed by atoms with van der Waals surface area (Å²) in [6, 6.07) is 1.81. The number of hydrogen-bond donors (Lipinski definition) is 2. The first-order valence-corrected chi connectivity index (χ1v) is 6.72. The first-order valence-electron chi connectivity index (χ1n) is 5.84. The Morgan fingerprint density at radius 1 is 1.65 bits per heavy atom. The minimum Gasteiger partial charge on any atom is -0.496 e. The van der Waals surface area contributed by atoms with Crippen LogP contribution in [0.1, 0.15) is 35.9 Å². The van der Waals surface area contributed by atoms with E-state index in [9.17, 15) is 4.79 Å². The maximum absolute atomic E-state index is 11.9. The number of nitrogens with one attached hydrogen (secondary N) is 1. The molecule has 96 valence electrons. The quantitative estimate of drug-likeness (QED) is 0.784. The van der Waals surface area contributed by atoms with Crippen molar-refractivity contribution in [1.82, 2.24) is 5.32 Å². The number of ether oxygens (including phenoxy) is 1. The van der Waals surface area contributed by atoms with Crippen molar-refractivity contribution in [3.8, 4) is 5.75 Å². The van der Waals surface area contributed by atoms with Crippen molar-refractivity contribution in [2.24, 2.45) is 5.73 Å². The molecule has 0 saturated heterocycles. The fourth-order valence-electron chi connectivity index (χ4n) is 1.50. The lowest BCUT2D eigenvalue weighted by molar-refractivity contribution is 0.0939. The summed E-state index contributed by atoms with van der Waals surface area (Å²) in [6.45, 7) is 2.60. The van der Waals surface area contributed by atoms with Crippen molar-refractivity contribution in [1.29, 1.82) is 0 Å². The Morgan fingerprint density at radius 3 is 2.94 bits per heavy atom. The van der Waals surface area contributed by atoms with Crippen LogP contribution in [-0.4, -0.2) is 25.6 Å². The fourth-order valence-corrected chi connectivity index (χ4v) is 2.26. The molecule has 1 aromatic heterocycles. The van der Waals surface area contributed by atoms with E-state index in [2.05, 4.69) is 12.2 Å². The molecule has 0 aliphatic heterocycles. The van der Waals surface area contributed by atoms with Crippen LogP contribution < -0.4 is 15.8 Å². The number of unbranched alkanes of at least 4 members (excludes halogenated alkanes) is 1. The molecule has 0 aliphatic rings. The third kappa shape index (κ3) is 4.36. The Kier molecular flexibility index (Phi) is 6.00. The van der Waals surface area contributed by atoms with Gasteiger partial charge in [0.25, 0.3) is 5.91 Å². The molecule has 1 rings (SSSR count). The molecule has 1 aromatic rings. The molecular formula is C12H20N2O2S. The molecule has 1 unspecified atom stereocenters. The standard InChI is InChI=1S/C12H20N2O2S/c1-3-4-5-9(7-13)14-12(15)11-6-10(16-2)8-17-11/h6,8-9H,3-5,7,13H2,1-2H3,(H,14,15). The van der Waals surface area contributed by atoms with Crippen LogP contribution in [-0.2, 0) is 0 Å². The number of thiophene rings is 1. The molecule has 0 aromatic carbocycles. The maximum atomic E-state index is 11.9. The van der Waals surface area contributed by atoms with Gasteiger partial charge in [0, 0.05) is 24.0 Å². The van der Waals surface area contributed by atoms with Crippen LogP contribution >= 0.6 is 11.3 Å². The number of nitrogens with two attached hydrogens (primary N) is 1. The monoisotopic (exact) mass is 256 g/mol. The zero-order valence-electron chi connectivity index (χ0n) is 10.4. The van der Waals surface area contributed by atoms with Gasteiger partial charge in [0.15, 0.2) is 0 Å². The van der Waals surface area contributed by atoms with Crippen LogP contribution in [0.2, 0.25) is 0 Å². The first kappa shape index (κ1) is 14.0. The zero-order valence-corrected chi connectivity index (χ0v) is 11.2. The Balaban J connectivity index is 2.51. The zero-order chi connectivity index (χ0) is 12.7. The second kappa shape index (κ2) is 7.29. The summed E-state index contributed by atoms with van der Waals surface area (Å²) in [6.07, 6.45) is 3.12. The van der Waals surface area contributed by atoms with E-state index >= 15 is 0 Å². The summed E-state index contributed by atoms with van der Waals surface area (Å²) in [7, 11) is 1.59. The van der Waals surface area contributed by atoms with Crippen molar-refractivity contribution in [3.63, 3.8) is 0 Å². The highest BCUT2D eigenvalue weighted by molar-refractivity contribution is 7.12. The fraction of sp³-hybridized carbons (Fsp3) is 0.583. The lowest BCUT2D eigenvalue weighted by atomic mass is 10.1. The molecule has 0 aliphatic carbocycles. The van der Waals surface area contributed by atoms with Crippen molar-refractivity contribution >= 4 is 17.2 Å². The first-order chi connectivity index (χ1) is 8.21. The summed E-state index contributed by atoms with van der Waals surface area (Å²) >= 11 is 1.38. The van der Waals surface area contributed by atoms with E-state index in [1.54, 1.807) is 13.2 Å². The van der Waals surface area contributed by atoms with Crippen LogP contribution in [0.4, 0.5) is 0 Å². The molecule has 1 atom stereocenters. The summed E-state index contributed by atoms with van der Waals surface area (Å²) in [5.74, 6) is 0.655. The van der Waals surface area contributed by atoms with Crippen molar-refractivity contribution in [2.45, 2.75) is 32.2 Å². The van der Waals surface area contributed by atoms with Crippen molar-refractivity contribution < 1.29 is 9.53 Å². The van der Waals surface area contributed by atoms with Crippen LogP contribution in [0, 0.1) is 0 Å². The molecule has 0 radical (unpaired) electrons. The topological polar surface area (TPSA) is 64.3 Å². The number of methoxy groups -OCH3 is 1. The SMILES string of the molecule is CCCCC(CN)NC(=O)c1cc(OC)cs1. The van der Waals surface area contributed by atoms with E-state index in [-0.39, 0.29) is 11.9 Å². The molecular weight excluding hydrogens is 236 g/mol. The average molecular weight is 256 g/mol. The maximum Gasteiger partial charge on any atom is 0.261 e. The van der Waals surface area contributed by atoms with Crippen LogP contribution in [0.5, 0.6) is 5.75 Å². The highest BCUT2D eigenvalue weighted by Gasteiger charge is 2.14. The lowest BCUT2D eigenvalue weighted by Crippen LogP contribution is -2.39. The molecule has 5 heteroatoms. The second-order valence-corrected chi connectivity index (χ2v) is 4.81. The van der Waals surface area contributed by atoms with Crippen LogP contribution in [0.3, 0.4) is 0 Å². The van der Waals surface area contributed by atoms with Crippen LogP contribution in [0.25, 0.3) is 0 Å². The Bertz CT molecular complexity index is 352. The molecule has 0 saturated carbocycles. The van der Waals surface area contributed by atoms with Gasteiger partial charge in [-0.25, -0.2) is 0 Å². The Morgan fingerprint density at radius 2 is 2.41 bits per heavy atom. The normalized spacial score (nSPS) is 12.2. The van der Waals surface area contributed by atoms with Gasteiger partial charge in [0.2, 0.25) is 0 Å². The highest BCUT2D eigenvalue weighted by Crippen LogP contribution is 2.21. The summed E-state index contributed by atoms with van der Waals surface area (Å²) in [5, 5.41) is 4.76. The van der Waals surface area contributed by atoms with E-state index in [4.69, 9.17) is 10.5 Å². The van der Waals surface area contributed by atoms with Gasteiger partial charge in [0.05, 0.1) is 12.0 Å². The largest absolute Gasteiger partial charge is 0.496 e. The van der Waals surface area contributed by atoms with Crippen molar-refractivity contribution in [3.05, 3.63) is 16.3 Å². The van der Waals surface area contributed by atoms with Gasteiger partial charge in [-0.15, -0.1) is 11.3 Å². The van der Waals surface area contributed by atoms with E-state index in [0.29, 0.717) is 11.4 Å². The third-order valence-corrected chi connectivity index (χ3v) is 3.47. The van der Waals surface area contributed by atoms with Gasteiger partial charge in [-0.2, -0.15) is 0 Å². The van der Waals surface area contributed by atoms with Gasteiger partial charge in [-0.05, 0) is 6.42 Å². The molecule has 0 spiro atoms. The van der Waals surface area contributed by atoms with E-state index < -0.39 is 0 Å². The number of rotatable bonds is 7. The molecule has 1 heterocycles. The van der Waals surface area contributed by atoms with Gasteiger partial charge in [-0.1, -0.05) is 19.8 Å². The average Bonchev–Trinajstić information content (AvgIpc) is 2.83. The van der Waals surface area contributed by atoms with E-state index in [1.807, 2.05) is 5.38 Å². The number of carbonyl (C=O) groups excluding carboxylic acids is 1. The van der Waals surface area contributed by atoms with Gasteiger partial charge in [-0.3, -0.25) is 4.79 Å². The van der Waals surface area contributed by atoms with Crippen LogP contribution in [0.15, 0.2) is 11.4 Å². The summed E-state index contributed by atoms with van der Waals surface area (Å²) in [4.78, 5) is 12.6. The predicted octanol–water partition coefficient (Wildman–Crippen LogP) is 2.00. The summed E-state index contributed by atoms with van der Waals surface area (Å²) in [5.41, 5.74) is 5.64. The second-order valence-electron chi connectivity index (χ2n) is 3.90. The summed E-state index contributed by atoms with van der Waals surface area (Å²) < 4.78 is 5.05. The molecule has 4 nitrogen and oxygen atoms in total. The molecule has 3 N–H and O–H groups in total. The smallest absolute Gasteiger partial charge is 0.261 e. The molecule has 0 fully saturated rings.